The first kappa shape index (κ1) is 20.1. The molecule has 7 nitrogen and oxygen atoms in total. The third-order valence-electron chi connectivity index (χ3n) is 4.18. The summed E-state index contributed by atoms with van der Waals surface area (Å²) in [7, 11) is 1.31. The van der Waals surface area contributed by atoms with E-state index in [4.69, 9.17) is 10.5 Å². The normalized spacial score (nSPS) is 12.9. The first-order valence-electron chi connectivity index (χ1n) is 8.52. The van der Waals surface area contributed by atoms with Gasteiger partial charge in [0.15, 0.2) is 5.17 Å². The van der Waals surface area contributed by atoms with Gasteiger partial charge in [0.2, 0.25) is 0 Å². The number of aromatic amines is 1. The molecule has 0 spiro atoms. The molecule has 1 atom stereocenters. The molecule has 9 heteroatoms. The molecule has 0 aliphatic carbocycles. The summed E-state index contributed by atoms with van der Waals surface area (Å²) in [5, 5.41) is 0.829. The quantitative estimate of drug-likeness (QED) is 0.375. The largest absolute Gasteiger partial charge is 0.465 e. The average molecular weight is 417 g/mol. The molecule has 0 radical (unpaired) electrons. The zero-order valence-corrected chi connectivity index (χ0v) is 17.3. The Bertz CT molecular complexity index is 1090. The second kappa shape index (κ2) is 8.57. The molecule has 2 aromatic heterocycles. The van der Waals surface area contributed by atoms with Gasteiger partial charge in [0.1, 0.15) is 15.5 Å². The van der Waals surface area contributed by atoms with Crippen molar-refractivity contribution in [2.45, 2.75) is 25.6 Å². The highest BCUT2D eigenvalue weighted by Gasteiger charge is 2.19. The highest BCUT2D eigenvalue weighted by molar-refractivity contribution is 8.13. The van der Waals surface area contributed by atoms with Crippen LogP contribution in [0.3, 0.4) is 0 Å². The van der Waals surface area contributed by atoms with Crippen LogP contribution < -0.4 is 11.3 Å². The van der Waals surface area contributed by atoms with Gasteiger partial charge in [-0.1, -0.05) is 42.1 Å². The number of methoxy groups -OCH3 is 1. The number of hydrogen-bond donors (Lipinski definition) is 2. The number of H-pyrrole nitrogens is 1. The summed E-state index contributed by atoms with van der Waals surface area (Å²) < 4.78 is 4.76. The summed E-state index contributed by atoms with van der Waals surface area (Å²) in [6.07, 6.45) is 0. The Labute approximate surface area is 170 Å². The number of rotatable bonds is 5. The van der Waals surface area contributed by atoms with Crippen LogP contribution in [0.25, 0.3) is 10.2 Å². The number of aliphatic imine (C=N–C) groups is 1. The second-order valence-corrected chi connectivity index (χ2v) is 8.08. The number of thiophene rings is 1. The van der Waals surface area contributed by atoms with E-state index in [0.29, 0.717) is 37.4 Å². The molecule has 3 rings (SSSR count). The highest BCUT2D eigenvalue weighted by atomic mass is 32.2. The molecular weight excluding hydrogens is 396 g/mol. The number of aryl methyl sites for hydroxylation is 1. The fraction of sp³-hybridized carbons (Fsp3) is 0.263. The molecule has 0 fully saturated rings. The maximum atomic E-state index is 12.4. The molecule has 0 saturated heterocycles. The Hall–Kier alpha value is -2.65. The number of carbonyl (C=O) groups is 1. The summed E-state index contributed by atoms with van der Waals surface area (Å²) in [6.45, 7) is 3.68. The van der Waals surface area contributed by atoms with Gasteiger partial charge in [-0.2, -0.15) is 0 Å². The highest BCUT2D eigenvalue weighted by Crippen LogP contribution is 2.28. The van der Waals surface area contributed by atoms with E-state index in [9.17, 15) is 9.59 Å². The molecule has 2 heterocycles. The summed E-state index contributed by atoms with van der Waals surface area (Å²) in [6, 6.07) is 9.80. The van der Waals surface area contributed by atoms with Crippen LogP contribution in [-0.2, 0) is 10.5 Å². The standard InChI is InChI=1S/C19H20N4O3S2/c1-10-14-16(24)22-13(23-17(14)28-15(10)18(25)26-3)9-27-19(20)21-11(2)12-7-5-4-6-8-12/h4-8,11H,9H2,1-3H3,(H2,20,21)(H,22,23,24)/t11-/m1/s1. The average Bonchev–Trinajstić information content (AvgIpc) is 3.03. The van der Waals surface area contributed by atoms with Crippen molar-refractivity contribution < 1.29 is 9.53 Å². The number of esters is 1. The molecule has 1 aromatic carbocycles. The number of benzene rings is 1. The minimum atomic E-state index is -0.470. The van der Waals surface area contributed by atoms with Gasteiger partial charge in [-0.05, 0) is 25.0 Å². The lowest BCUT2D eigenvalue weighted by Gasteiger charge is -2.08. The lowest BCUT2D eigenvalue weighted by atomic mass is 10.1. The van der Waals surface area contributed by atoms with Crippen LogP contribution in [0.2, 0.25) is 0 Å². The maximum absolute atomic E-state index is 12.4. The second-order valence-electron chi connectivity index (χ2n) is 6.08. The number of aromatic nitrogens is 2. The van der Waals surface area contributed by atoms with Crippen LogP contribution >= 0.6 is 23.1 Å². The van der Waals surface area contributed by atoms with Crippen LogP contribution in [0.15, 0.2) is 40.1 Å². The number of amidine groups is 1. The molecule has 0 saturated carbocycles. The van der Waals surface area contributed by atoms with Crippen LogP contribution in [-0.4, -0.2) is 28.2 Å². The minimum Gasteiger partial charge on any atom is -0.465 e. The molecule has 0 bridgehead atoms. The molecule has 28 heavy (non-hydrogen) atoms. The van der Waals surface area contributed by atoms with Gasteiger partial charge in [0, 0.05) is 0 Å². The van der Waals surface area contributed by atoms with E-state index in [1.807, 2.05) is 37.3 Å². The van der Waals surface area contributed by atoms with Crippen LogP contribution in [0.4, 0.5) is 0 Å². The predicted octanol–water partition coefficient (Wildman–Crippen LogP) is 3.39. The molecule has 0 aliphatic heterocycles. The van der Waals surface area contributed by atoms with Gasteiger partial charge in [0.05, 0.1) is 24.3 Å². The monoisotopic (exact) mass is 416 g/mol. The lowest BCUT2D eigenvalue weighted by Crippen LogP contribution is -2.13. The SMILES string of the molecule is COC(=O)c1sc2nc(CSC(N)=N[C@H](C)c3ccccc3)[nH]c(=O)c2c1C. The molecule has 0 unspecified atom stereocenters. The number of nitrogens with two attached hydrogens (primary N) is 1. The maximum Gasteiger partial charge on any atom is 0.348 e. The Kier molecular flexibility index (Phi) is 6.15. The van der Waals surface area contributed by atoms with Crippen molar-refractivity contribution in [3.05, 3.63) is 62.5 Å². The number of fused-ring (bicyclic) bond motifs is 1. The smallest absolute Gasteiger partial charge is 0.348 e. The summed E-state index contributed by atoms with van der Waals surface area (Å²) in [4.78, 5) is 36.9. The van der Waals surface area contributed by atoms with Gasteiger partial charge in [-0.3, -0.25) is 9.79 Å². The molecule has 146 valence electrons. The first-order chi connectivity index (χ1) is 13.4. The van der Waals surface area contributed by atoms with Crippen molar-refractivity contribution in [3.8, 4) is 0 Å². The van der Waals surface area contributed by atoms with E-state index >= 15 is 0 Å². The summed E-state index contributed by atoms with van der Waals surface area (Å²) in [5.74, 6) is 0.375. The Morgan fingerprint density at radius 3 is 2.79 bits per heavy atom. The van der Waals surface area contributed by atoms with Crippen molar-refractivity contribution in [1.82, 2.24) is 9.97 Å². The lowest BCUT2D eigenvalue weighted by molar-refractivity contribution is 0.0605. The number of hydrogen-bond acceptors (Lipinski definition) is 7. The minimum absolute atomic E-state index is 0.0641. The molecule has 0 aliphatic rings. The van der Waals surface area contributed by atoms with Crippen LogP contribution in [0, 0.1) is 6.92 Å². The van der Waals surface area contributed by atoms with E-state index in [1.165, 1.54) is 18.9 Å². The van der Waals surface area contributed by atoms with Gasteiger partial charge in [-0.15, -0.1) is 11.3 Å². The van der Waals surface area contributed by atoms with Crippen molar-refractivity contribution >= 4 is 44.5 Å². The third kappa shape index (κ3) is 4.26. The van der Waals surface area contributed by atoms with E-state index in [-0.39, 0.29) is 11.6 Å². The van der Waals surface area contributed by atoms with E-state index in [2.05, 4.69) is 15.0 Å². The van der Waals surface area contributed by atoms with E-state index < -0.39 is 5.97 Å². The fourth-order valence-corrected chi connectivity index (χ4v) is 4.49. The fourth-order valence-electron chi connectivity index (χ4n) is 2.72. The molecule has 0 amide bonds. The third-order valence-corrected chi connectivity index (χ3v) is 6.16. The number of nitrogens with zero attached hydrogens (tertiary/aromatic N) is 2. The van der Waals surface area contributed by atoms with Gasteiger partial charge >= 0.3 is 5.97 Å². The van der Waals surface area contributed by atoms with Gasteiger partial charge in [0.25, 0.3) is 5.56 Å². The van der Waals surface area contributed by atoms with Crippen LogP contribution in [0.5, 0.6) is 0 Å². The zero-order valence-electron chi connectivity index (χ0n) is 15.7. The number of carbonyl (C=O) groups excluding carboxylic acids is 1. The Morgan fingerprint density at radius 1 is 1.39 bits per heavy atom. The predicted molar refractivity (Wildman–Crippen MR) is 114 cm³/mol. The number of ether oxygens (including phenoxy) is 1. The Balaban J connectivity index is 1.78. The first-order valence-corrected chi connectivity index (χ1v) is 10.3. The van der Waals surface area contributed by atoms with Gasteiger partial charge in [-0.25, -0.2) is 9.78 Å². The number of thioether (sulfide) groups is 1. The number of nitrogens with one attached hydrogen (secondary N) is 1. The summed E-state index contributed by atoms with van der Waals surface area (Å²) in [5.41, 5.74) is 7.40. The summed E-state index contributed by atoms with van der Waals surface area (Å²) >= 11 is 2.45. The van der Waals surface area contributed by atoms with Crippen molar-refractivity contribution in [1.29, 1.82) is 0 Å². The van der Waals surface area contributed by atoms with Crippen molar-refractivity contribution in [3.63, 3.8) is 0 Å². The molecular formula is C19H20N4O3S2. The van der Waals surface area contributed by atoms with Crippen LogP contribution in [0.1, 0.15) is 39.6 Å². The van der Waals surface area contributed by atoms with E-state index in [1.54, 1.807) is 6.92 Å². The molecule has 3 N–H and O–H groups in total. The topological polar surface area (TPSA) is 110 Å². The van der Waals surface area contributed by atoms with Crippen molar-refractivity contribution in [2.24, 2.45) is 10.7 Å². The zero-order chi connectivity index (χ0) is 20.3. The van der Waals surface area contributed by atoms with Crippen molar-refractivity contribution in [2.75, 3.05) is 7.11 Å². The van der Waals surface area contributed by atoms with Gasteiger partial charge < -0.3 is 15.5 Å². The molecule has 3 aromatic rings. The van der Waals surface area contributed by atoms with E-state index in [0.717, 1.165) is 16.9 Å². The Morgan fingerprint density at radius 2 is 2.11 bits per heavy atom.